The van der Waals surface area contributed by atoms with Crippen molar-refractivity contribution in [2.75, 3.05) is 26.2 Å². The van der Waals surface area contributed by atoms with Crippen LogP contribution in [-0.4, -0.2) is 49.7 Å². The Hall–Kier alpha value is -1.12. The lowest BCUT2D eigenvalue weighted by molar-refractivity contribution is 0.0698. The van der Waals surface area contributed by atoms with Crippen LogP contribution in [0.2, 0.25) is 10.0 Å². The molecule has 0 spiro atoms. The van der Waals surface area contributed by atoms with Crippen molar-refractivity contribution in [2.24, 2.45) is 0 Å². The van der Waals surface area contributed by atoms with Gasteiger partial charge < -0.3 is 4.90 Å². The van der Waals surface area contributed by atoms with Crippen LogP contribution < -0.4 is 0 Å². The van der Waals surface area contributed by atoms with Crippen molar-refractivity contribution in [3.05, 3.63) is 62.5 Å². The van der Waals surface area contributed by atoms with Crippen LogP contribution in [-0.2, 0) is 10.0 Å². The molecule has 1 fully saturated rings. The lowest BCUT2D eigenvalue weighted by atomic mass is 10.2. The molecule has 0 saturated carbocycles. The Labute approximate surface area is 170 Å². The van der Waals surface area contributed by atoms with Crippen LogP contribution in [0.25, 0.3) is 0 Å². The predicted molar refractivity (Wildman–Crippen MR) is 105 cm³/mol. The fourth-order valence-electron chi connectivity index (χ4n) is 2.73. The molecule has 0 bridgehead atoms. The highest BCUT2D eigenvalue weighted by Gasteiger charge is 2.32. The molecule has 1 aliphatic rings. The van der Waals surface area contributed by atoms with Gasteiger partial charge in [-0.2, -0.15) is 4.31 Å². The summed E-state index contributed by atoms with van der Waals surface area (Å²) < 4.78 is 27.9. The van der Waals surface area contributed by atoms with E-state index < -0.39 is 10.0 Å². The van der Waals surface area contributed by atoms with E-state index in [2.05, 4.69) is 15.9 Å². The lowest BCUT2D eigenvalue weighted by Crippen LogP contribution is -2.50. The van der Waals surface area contributed by atoms with Gasteiger partial charge in [-0.3, -0.25) is 4.79 Å². The monoisotopic (exact) mass is 476 g/mol. The Morgan fingerprint density at radius 2 is 1.58 bits per heavy atom. The van der Waals surface area contributed by atoms with Crippen LogP contribution in [0, 0.1) is 0 Å². The molecule has 0 aliphatic carbocycles. The molecular weight excluding hydrogens is 463 g/mol. The third-order valence-corrected chi connectivity index (χ3v) is 7.55. The van der Waals surface area contributed by atoms with Crippen molar-refractivity contribution in [3.8, 4) is 0 Å². The van der Waals surface area contributed by atoms with Gasteiger partial charge in [0.05, 0.1) is 10.0 Å². The quantitative estimate of drug-likeness (QED) is 0.673. The number of carbonyl (C=O) groups is 1. The minimum absolute atomic E-state index is 0.0145. The van der Waals surface area contributed by atoms with Gasteiger partial charge in [-0.15, -0.1) is 0 Å². The molecule has 3 rings (SSSR count). The maximum absolute atomic E-state index is 12.8. The molecular formula is C17H15BrCl2N2O3S. The summed E-state index contributed by atoms with van der Waals surface area (Å²) in [5.74, 6) is -0.115. The summed E-state index contributed by atoms with van der Waals surface area (Å²) in [5, 5.41) is 0.208. The zero-order chi connectivity index (χ0) is 18.9. The SMILES string of the molecule is O=C(c1ccc(Br)cc1)N1CCN(S(=O)(=O)c2cccc(Cl)c2Cl)CC1. The Bertz CT molecular complexity index is 928. The number of nitrogens with zero attached hydrogens (tertiary/aromatic N) is 2. The summed E-state index contributed by atoms with van der Waals surface area (Å²) in [5.41, 5.74) is 0.572. The molecule has 5 nitrogen and oxygen atoms in total. The first-order valence-electron chi connectivity index (χ1n) is 7.80. The second-order valence-corrected chi connectivity index (χ2v) is 9.36. The van der Waals surface area contributed by atoms with Crippen LogP contribution in [0.15, 0.2) is 51.8 Å². The first-order valence-corrected chi connectivity index (χ1v) is 10.8. The van der Waals surface area contributed by atoms with E-state index in [1.807, 2.05) is 0 Å². The van der Waals surface area contributed by atoms with E-state index in [9.17, 15) is 13.2 Å². The van der Waals surface area contributed by atoms with E-state index in [-0.39, 0.29) is 33.9 Å². The van der Waals surface area contributed by atoms with Gasteiger partial charge in [-0.1, -0.05) is 45.2 Å². The molecule has 9 heteroatoms. The largest absolute Gasteiger partial charge is 0.336 e. The van der Waals surface area contributed by atoms with E-state index in [0.717, 1.165) is 4.47 Å². The molecule has 2 aromatic rings. The van der Waals surface area contributed by atoms with Crippen molar-refractivity contribution in [1.29, 1.82) is 0 Å². The molecule has 0 radical (unpaired) electrons. The molecule has 138 valence electrons. The molecule has 2 aromatic carbocycles. The standard InChI is InChI=1S/C17H15BrCl2N2O3S/c18-13-6-4-12(5-7-13)17(23)21-8-10-22(11-9-21)26(24,25)15-3-1-2-14(19)16(15)20/h1-7H,8-11H2. The highest BCUT2D eigenvalue weighted by atomic mass is 79.9. The van der Waals surface area contributed by atoms with Crippen LogP contribution in [0.4, 0.5) is 0 Å². The topological polar surface area (TPSA) is 57.7 Å². The molecule has 0 N–H and O–H groups in total. The van der Waals surface area contributed by atoms with Gasteiger partial charge >= 0.3 is 0 Å². The smallest absolute Gasteiger partial charge is 0.253 e. The normalized spacial score (nSPS) is 15.9. The summed E-state index contributed by atoms with van der Waals surface area (Å²) in [7, 11) is -3.76. The maximum atomic E-state index is 12.8. The molecule has 1 aliphatic heterocycles. The van der Waals surface area contributed by atoms with Crippen molar-refractivity contribution >= 4 is 55.1 Å². The minimum Gasteiger partial charge on any atom is -0.336 e. The van der Waals surface area contributed by atoms with Gasteiger partial charge in [0.15, 0.2) is 0 Å². The van der Waals surface area contributed by atoms with Crippen molar-refractivity contribution in [2.45, 2.75) is 4.90 Å². The number of benzene rings is 2. The first-order chi connectivity index (χ1) is 12.3. The molecule has 1 saturated heterocycles. The van der Waals surface area contributed by atoms with Crippen LogP contribution in [0.3, 0.4) is 0 Å². The number of rotatable bonds is 3. The number of hydrogen-bond donors (Lipinski definition) is 0. The number of halogens is 3. The third kappa shape index (κ3) is 3.92. The van der Waals surface area contributed by atoms with Crippen LogP contribution in [0.5, 0.6) is 0 Å². The van der Waals surface area contributed by atoms with Gasteiger partial charge in [0.2, 0.25) is 10.0 Å². The maximum Gasteiger partial charge on any atom is 0.253 e. The van der Waals surface area contributed by atoms with Gasteiger partial charge in [0.25, 0.3) is 5.91 Å². The molecule has 26 heavy (non-hydrogen) atoms. The molecule has 1 heterocycles. The van der Waals surface area contributed by atoms with Crippen molar-refractivity contribution in [3.63, 3.8) is 0 Å². The Morgan fingerprint density at radius 1 is 0.962 bits per heavy atom. The lowest BCUT2D eigenvalue weighted by Gasteiger charge is -2.34. The zero-order valence-corrected chi connectivity index (χ0v) is 17.4. The fourth-order valence-corrected chi connectivity index (χ4v) is 5.15. The molecule has 1 amide bonds. The average molecular weight is 478 g/mol. The molecule has 0 unspecified atom stereocenters. The van der Waals surface area contributed by atoms with Crippen LogP contribution >= 0.6 is 39.1 Å². The summed E-state index contributed by atoms with van der Waals surface area (Å²) in [4.78, 5) is 14.2. The Kier molecular flexibility index (Phi) is 5.94. The first kappa shape index (κ1) is 19.6. The number of piperazine rings is 1. The number of sulfonamides is 1. The average Bonchev–Trinajstić information content (AvgIpc) is 2.64. The van der Waals surface area contributed by atoms with E-state index in [1.54, 1.807) is 35.2 Å². The van der Waals surface area contributed by atoms with E-state index >= 15 is 0 Å². The van der Waals surface area contributed by atoms with Gasteiger partial charge in [-0.25, -0.2) is 8.42 Å². The highest BCUT2D eigenvalue weighted by Crippen LogP contribution is 2.31. The van der Waals surface area contributed by atoms with Crippen molar-refractivity contribution < 1.29 is 13.2 Å². The van der Waals surface area contributed by atoms with Gasteiger partial charge in [0.1, 0.15) is 4.90 Å². The Balaban J connectivity index is 1.72. The highest BCUT2D eigenvalue weighted by molar-refractivity contribution is 9.10. The Morgan fingerprint density at radius 3 is 2.19 bits per heavy atom. The van der Waals surface area contributed by atoms with E-state index in [0.29, 0.717) is 18.7 Å². The van der Waals surface area contributed by atoms with Crippen LogP contribution in [0.1, 0.15) is 10.4 Å². The summed E-state index contributed by atoms with van der Waals surface area (Å²) in [6, 6.07) is 11.6. The summed E-state index contributed by atoms with van der Waals surface area (Å²) in [6.07, 6.45) is 0. The van der Waals surface area contributed by atoms with Gasteiger partial charge in [-0.05, 0) is 36.4 Å². The third-order valence-electron chi connectivity index (χ3n) is 4.15. The molecule has 0 atom stereocenters. The second-order valence-electron chi connectivity index (χ2n) is 5.76. The summed E-state index contributed by atoms with van der Waals surface area (Å²) in [6.45, 7) is 1.03. The second kappa shape index (κ2) is 7.86. The molecule has 0 aromatic heterocycles. The minimum atomic E-state index is -3.76. The number of hydrogen-bond acceptors (Lipinski definition) is 3. The van der Waals surface area contributed by atoms with Crippen molar-refractivity contribution in [1.82, 2.24) is 9.21 Å². The predicted octanol–water partition coefficient (Wildman–Crippen LogP) is 3.90. The van der Waals surface area contributed by atoms with E-state index in [4.69, 9.17) is 23.2 Å². The van der Waals surface area contributed by atoms with Gasteiger partial charge in [0, 0.05) is 36.2 Å². The summed E-state index contributed by atoms with van der Waals surface area (Å²) >= 11 is 15.3. The zero-order valence-electron chi connectivity index (χ0n) is 13.5. The van der Waals surface area contributed by atoms with E-state index in [1.165, 1.54) is 16.4 Å². The number of amides is 1. The number of carbonyl (C=O) groups excluding carboxylic acids is 1. The fraction of sp³-hybridized carbons (Fsp3) is 0.235.